The Kier molecular flexibility index (Phi) is 9.88. The van der Waals surface area contributed by atoms with Gasteiger partial charge in [0.2, 0.25) is 0 Å². The van der Waals surface area contributed by atoms with Gasteiger partial charge in [0.05, 0.1) is 21.3 Å². The third-order valence-electron chi connectivity index (χ3n) is 6.21. The van der Waals surface area contributed by atoms with Crippen LogP contribution in [0.1, 0.15) is 31.8 Å². The Labute approximate surface area is 244 Å². The van der Waals surface area contributed by atoms with Crippen LogP contribution in [0.2, 0.25) is 0 Å². The minimum atomic E-state index is -0.536. The highest BCUT2D eigenvalue weighted by Gasteiger charge is 2.16. The molecule has 42 heavy (non-hydrogen) atoms. The van der Waals surface area contributed by atoms with Crippen molar-refractivity contribution < 1.29 is 28.6 Å². The summed E-state index contributed by atoms with van der Waals surface area (Å²) in [6.07, 6.45) is 4.66. The first-order valence-electron chi connectivity index (χ1n) is 13.0. The lowest BCUT2D eigenvalue weighted by Gasteiger charge is -2.12. The quantitative estimate of drug-likeness (QED) is 0.171. The van der Waals surface area contributed by atoms with E-state index in [1.54, 1.807) is 111 Å². The first-order chi connectivity index (χ1) is 20.4. The highest BCUT2D eigenvalue weighted by Crippen LogP contribution is 2.31. The number of nitrogens with one attached hydrogen (secondary N) is 2. The second-order valence-electron chi connectivity index (χ2n) is 8.97. The van der Waals surface area contributed by atoms with Gasteiger partial charge in [-0.25, -0.2) is 0 Å². The Bertz CT molecular complexity index is 1630. The van der Waals surface area contributed by atoms with Crippen LogP contribution < -0.4 is 24.8 Å². The highest BCUT2D eigenvalue weighted by atomic mass is 16.5. The Morgan fingerprint density at radius 2 is 1.45 bits per heavy atom. The molecule has 0 aliphatic heterocycles. The molecule has 4 aromatic rings. The maximum atomic E-state index is 13.3. The average molecular weight is 563 g/mol. The largest absolute Gasteiger partial charge is 0.497 e. The number of methoxy groups -OCH3 is 3. The third kappa shape index (κ3) is 7.51. The van der Waals surface area contributed by atoms with Crippen LogP contribution in [0.25, 0.3) is 12.2 Å². The normalized spacial score (nSPS) is 11.1. The van der Waals surface area contributed by atoms with Gasteiger partial charge in [0.1, 0.15) is 11.4 Å². The van der Waals surface area contributed by atoms with Gasteiger partial charge in [-0.15, -0.1) is 0 Å². The van der Waals surface area contributed by atoms with Crippen molar-refractivity contribution in [3.05, 3.63) is 131 Å². The molecule has 8 nitrogen and oxygen atoms in total. The van der Waals surface area contributed by atoms with Crippen LogP contribution in [0.5, 0.6) is 17.2 Å². The van der Waals surface area contributed by atoms with Crippen molar-refractivity contribution in [2.75, 3.05) is 26.6 Å². The van der Waals surface area contributed by atoms with Gasteiger partial charge >= 0.3 is 0 Å². The van der Waals surface area contributed by atoms with Crippen LogP contribution in [0.15, 0.2) is 109 Å². The number of hydrogen-bond acceptors (Lipinski definition) is 6. The van der Waals surface area contributed by atoms with E-state index in [0.29, 0.717) is 45.2 Å². The van der Waals surface area contributed by atoms with Gasteiger partial charge in [-0.05, 0) is 78.4 Å². The Hall–Kier alpha value is -5.63. The number of allylic oxidation sites excluding steroid dienone is 1. The predicted molar refractivity (Wildman–Crippen MR) is 163 cm³/mol. The summed E-state index contributed by atoms with van der Waals surface area (Å²) in [4.78, 5) is 39.0. The van der Waals surface area contributed by atoms with Crippen molar-refractivity contribution in [3.63, 3.8) is 0 Å². The molecule has 2 N–H and O–H groups in total. The number of ketones is 1. The third-order valence-corrected chi connectivity index (χ3v) is 6.21. The lowest BCUT2D eigenvalue weighted by molar-refractivity contribution is -0.113. The zero-order valence-corrected chi connectivity index (χ0v) is 23.4. The first-order valence-corrected chi connectivity index (χ1v) is 13.0. The first kappa shape index (κ1) is 29.4. The molecule has 8 heteroatoms. The maximum absolute atomic E-state index is 13.3. The van der Waals surface area contributed by atoms with E-state index in [-0.39, 0.29) is 11.5 Å². The minimum Gasteiger partial charge on any atom is -0.497 e. The van der Waals surface area contributed by atoms with Gasteiger partial charge in [-0.2, -0.15) is 0 Å². The molecule has 0 fully saturated rings. The van der Waals surface area contributed by atoms with Crippen LogP contribution in [0, 0.1) is 0 Å². The molecule has 4 rings (SSSR count). The fraction of sp³-hybridized carbons (Fsp3) is 0.0882. The fourth-order valence-corrected chi connectivity index (χ4v) is 4.06. The Morgan fingerprint density at radius 1 is 0.714 bits per heavy atom. The molecule has 0 aromatic heterocycles. The summed E-state index contributed by atoms with van der Waals surface area (Å²) in [5.74, 6) is 0.501. The summed E-state index contributed by atoms with van der Waals surface area (Å²) in [5.41, 5.74) is 2.67. The molecular formula is C34H30N2O6. The van der Waals surface area contributed by atoms with E-state index in [0.717, 1.165) is 0 Å². The molecule has 212 valence electrons. The number of rotatable bonds is 11. The second kappa shape index (κ2) is 14.1. The minimum absolute atomic E-state index is 0.0347. The second-order valence-corrected chi connectivity index (χ2v) is 8.97. The van der Waals surface area contributed by atoms with Gasteiger partial charge in [0, 0.05) is 22.4 Å². The van der Waals surface area contributed by atoms with Crippen LogP contribution >= 0.6 is 0 Å². The van der Waals surface area contributed by atoms with Crippen LogP contribution in [0.3, 0.4) is 0 Å². The number of para-hydroxylation sites is 1. The average Bonchev–Trinajstić information content (AvgIpc) is 3.03. The number of benzene rings is 4. The van der Waals surface area contributed by atoms with Crippen molar-refractivity contribution in [2.45, 2.75) is 0 Å². The van der Waals surface area contributed by atoms with Crippen molar-refractivity contribution in [2.24, 2.45) is 0 Å². The van der Waals surface area contributed by atoms with Crippen molar-refractivity contribution in [1.29, 1.82) is 0 Å². The van der Waals surface area contributed by atoms with E-state index in [1.807, 2.05) is 12.1 Å². The molecule has 0 saturated carbocycles. The van der Waals surface area contributed by atoms with E-state index < -0.39 is 11.8 Å². The van der Waals surface area contributed by atoms with Gasteiger partial charge in [-0.1, -0.05) is 42.5 Å². The molecule has 4 aromatic carbocycles. The van der Waals surface area contributed by atoms with Gasteiger partial charge in [0.25, 0.3) is 11.8 Å². The van der Waals surface area contributed by atoms with Crippen LogP contribution in [-0.2, 0) is 4.79 Å². The van der Waals surface area contributed by atoms with Gasteiger partial charge in [0.15, 0.2) is 17.3 Å². The predicted octanol–water partition coefficient (Wildman–Crippen LogP) is 6.02. The maximum Gasteiger partial charge on any atom is 0.272 e. The summed E-state index contributed by atoms with van der Waals surface area (Å²) in [6, 6.07) is 27.6. The molecule has 0 aliphatic carbocycles. The number of amides is 2. The Balaban J connectivity index is 1.51. The number of ether oxygens (including phenoxy) is 3. The summed E-state index contributed by atoms with van der Waals surface area (Å²) in [6.45, 7) is 0. The standard InChI is InChI=1S/C34H30N2O6/c1-40-28-13-7-9-23(21-28)22-29(36-33(38)26-10-5-4-6-11-26)34(39)35-27-18-15-24(16-19-27)30(37)20-17-25-12-8-14-31(41-2)32(25)42-3/h4-22H,1-3H3,(H,35,39)(H,36,38)/b20-17+,29-22-. The van der Waals surface area contributed by atoms with Crippen LogP contribution in [-0.4, -0.2) is 38.9 Å². The zero-order valence-electron chi connectivity index (χ0n) is 23.4. The van der Waals surface area contributed by atoms with E-state index in [9.17, 15) is 14.4 Å². The SMILES string of the molecule is COc1cccc(/C=C(\NC(=O)c2ccccc2)C(=O)Nc2ccc(C(=O)/C=C/c3cccc(OC)c3OC)cc2)c1. The fourth-order valence-electron chi connectivity index (χ4n) is 4.06. The Morgan fingerprint density at radius 3 is 2.14 bits per heavy atom. The smallest absolute Gasteiger partial charge is 0.272 e. The van der Waals surface area contributed by atoms with Crippen molar-refractivity contribution >= 4 is 35.4 Å². The molecule has 0 bridgehead atoms. The number of carbonyl (C=O) groups excluding carboxylic acids is 3. The molecule has 0 radical (unpaired) electrons. The number of carbonyl (C=O) groups is 3. The molecule has 2 amide bonds. The molecule has 0 aliphatic rings. The van der Waals surface area contributed by atoms with E-state index in [4.69, 9.17) is 14.2 Å². The molecule has 0 heterocycles. The lowest BCUT2D eigenvalue weighted by atomic mass is 10.1. The zero-order chi connectivity index (χ0) is 29.9. The molecule has 0 unspecified atom stereocenters. The van der Waals surface area contributed by atoms with E-state index in [1.165, 1.54) is 13.2 Å². The summed E-state index contributed by atoms with van der Waals surface area (Å²) in [7, 11) is 4.63. The summed E-state index contributed by atoms with van der Waals surface area (Å²) >= 11 is 0. The number of hydrogen-bond donors (Lipinski definition) is 2. The van der Waals surface area contributed by atoms with E-state index in [2.05, 4.69) is 10.6 Å². The van der Waals surface area contributed by atoms with Gasteiger partial charge < -0.3 is 24.8 Å². The lowest BCUT2D eigenvalue weighted by Crippen LogP contribution is -2.30. The molecule has 0 saturated heterocycles. The van der Waals surface area contributed by atoms with Crippen molar-refractivity contribution in [1.82, 2.24) is 5.32 Å². The highest BCUT2D eigenvalue weighted by molar-refractivity contribution is 6.11. The van der Waals surface area contributed by atoms with Crippen LogP contribution in [0.4, 0.5) is 5.69 Å². The van der Waals surface area contributed by atoms with Gasteiger partial charge in [-0.3, -0.25) is 14.4 Å². The molecular weight excluding hydrogens is 532 g/mol. The van der Waals surface area contributed by atoms with E-state index >= 15 is 0 Å². The summed E-state index contributed by atoms with van der Waals surface area (Å²) < 4.78 is 16.0. The number of anilines is 1. The molecule has 0 spiro atoms. The topological polar surface area (TPSA) is 103 Å². The molecule has 0 atom stereocenters. The monoisotopic (exact) mass is 562 g/mol. The summed E-state index contributed by atoms with van der Waals surface area (Å²) in [5, 5.41) is 5.49. The van der Waals surface area contributed by atoms with Crippen molar-refractivity contribution in [3.8, 4) is 17.2 Å².